The van der Waals surface area contributed by atoms with Crippen LogP contribution in [0.5, 0.6) is 0 Å². The predicted octanol–water partition coefficient (Wildman–Crippen LogP) is 0.641. The van der Waals surface area contributed by atoms with Crippen LogP contribution in [-0.2, 0) is 14.6 Å². The van der Waals surface area contributed by atoms with Crippen LogP contribution in [0.4, 0.5) is 4.79 Å². The molecule has 2 N–H and O–H groups in total. The van der Waals surface area contributed by atoms with Gasteiger partial charge in [-0.2, -0.15) is 0 Å². The van der Waals surface area contributed by atoms with Gasteiger partial charge in [0.15, 0.2) is 15.9 Å². The molecular weight excluding hydrogens is 308 g/mol. The highest BCUT2D eigenvalue weighted by Gasteiger charge is 2.34. The third-order valence-corrected chi connectivity index (χ3v) is 5.47. The number of nitrogens with one attached hydrogen (secondary N) is 1. The Morgan fingerprint density at radius 1 is 1.32 bits per heavy atom. The first-order valence-electron chi connectivity index (χ1n) is 6.81. The molecule has 22 heavy (non-hydrogen) atoms. The molecule has 0 saturated carbocycles. The third kappa shape index (κ3) is 3.76. The molecule has 1 fully saturated rings. The van der Waals surface area contributed by atoms with Gasteiger partial charge in [-0.15, -0.1) is 0 Å². The van der Waals surface area contributed by atoms with E-state index < -0.39 is 33.9 Å². The Kier molecular flexibility index (Phi) is 4.70. The Hall–Kier alpha value is -2.09. The lowest BCUT2D eigenvalue weighted by molar-refractivity contribution is -0.139. The number of carboxylic acid groups (broad SMARTS) is 1. The number of nitrogens with zero attached hydrogens (tertiary/aromatic N) is 1. The zero-order valence-corrected chi connectivity index (χ0v) is 12.9. The SMILES string of the molecule is CN(C(=O)N[C@H](C(=O)O)c1ccccc1)C1CCS(=O)(=O)C1. The second kappa shape index (κ2) is 6.35. The zero-order valence-electron chi connectivity index (χ0n) is 12.1. The predicted molar refractivity (Wildman–Crippen MR) is 80.2 cm³/mol. The van der Waals surface area contributed by atoms with Gasteiger partial charge in [-0.05, 0) is 12.0 Å². The van der Waals surface area contributed by atoms with Gasteiger partial charge in [0, 0.05) is 13.1 Å². The van der Waals surface area contributed by atoms with Gasteiger partial charge < -0.3 is 15.3 Å². The minimum Gasteiger partial charge on any atom is -0.479 e. The molecular formula is C14H18N2O5S. The number of carboxylic acids is 1. The maximum Gasteiger partial charge on any atom is 0.330 e. The fourth-order valence-corrected chi connectivity index (χ4v) is 4.18. The molecule has 2 atom stereocenters. The normalized spacial score (nSPS) is 21.0. The number of hydrogen-bond donors (Lipinski definition) is 2. The first kappa shape index (κ1) is 16.3. The molecule has 0 radical (unpaired) electrons. The zero-order chi connectivity index (χ0) is 16.3. The number of amides is 2. The number of hydrogen-bond acceptors (Lipinski definition) is 4. The molecule has 2 amide bonds. The maximum absolute atomic E-state index is 12.2. The molecule has 2 rings (SSSR count). The highest BCUT2D eigenvalue weighted by molar-refractivity contribution is 7.91. The van der Waals surface area contributed by atoms with Crippen molar-refractivity contribution in [3.8, 4) is 0 Å². The second-order valence-electron chi connectivity index (χ2n) is 5.30. The molecule has 1 aliphatic heterocycles. The summed E-state index contributed by atoms with van der Waals surface area (Å²) in [5.74, 6) is -1.21. The average molecular weight is 326 g/mol. The number of sulfone groups is 1. The van der Waals surface area contributed by atoms with Crippen LogP contribution in [0.3, 0.4) is 0 Å². The van der Waals surface area contributed by atoms with Crippen molar-refractivity contribution in [3.05, 3.63) is 35.9 Å². The van der Waals surface area contributed by atoms with Crippen molar-refractivity contribution >= 4 is 21.8 Å². The van der Waals surface area contributed by atoms with Gasteiger partial charge in [-0.3, -0.25) is 0 Å². The van der Waals surface area contributed by atoms with Crippen LogP contribution in [0.2, 0.25) is 0 Å². The Morgan fingerprint density at radius 3 is 2.45 bits per heavy atom. The number of benzene rings is 1. The van der Waals surface area contributed by atoms with Crippen LogP contribution >= 0.6 is 0 Å². The fraction of sp³-hybridized carbons (Fsp3) is 0.429. The van der Waals surface area contributed by atoms with Gasteiger partial charge in [0.25, 0.3) is 0 Å². The molecule has 0 spiro atoms. The summed E-state index contributed by atoms with van der Waals surface area (Å²) in [6.07, 6.45) is 0.370. The summed E-state index contributed by atoms with van der Waals surface area (Å²) in [6, 6.07) is 6.15. The Morgan fingerprint density at radius 2 is 1.95 bits per heavy atom. The van der Waals surface area contributed by atoms with Gasteiger partial charge in [-0.1, -0.05) is 30.3 Å². The number of rotatable bonds is 4. The summed E-state index contributed by atoms with van der Waals surface area (Å²) in [5.41, 5.74) is 0.454. The summed E-state index contributed by atoms with van der Waals surface area (Å²) in [5, 5.41) is 11.7. The monoisotopic (exact) mass is 326 g/mol. The number of urea groups is 1. The first-order valence-corrected chi connectivity index (χ1v) is 8.64. The molecule has 1 unspecified atom stereocenters. The van der Waals surface area contributed by atoms with Crippen LogP contribution in [-0.4, -0.2) is 55.0 Å². The lowest BCUT2D eigenvalue weighted by Gasteiger charge is -2.26. The molecule has 120 valence electrons. The molecule has 1 aromatic rings. The van der Waals surface area contributed by atoms with E-state index >= 15 is 0 Å². The summed E-state index contributed by atoms with van der Waals surface area (Å²) >= 11 is 0. The van der Waals surface area contributed by atoms with Gasteiger partial charge >= 0.3 is 12.0 Å². The van der Waals surface area contributed by atoms with E-state index in [1.807, 2.05) is 0 Å². The summed E-state index contributed by atoms with van der Waals surface area (Å²) in [4.78, 5) is 24.8. The minimum absolute atomic E-state index is 0.0519. The van der Waals surface area contributed by atoms with Crippen molar-refractivity contribution in [2.24, 2.45) is 0 Å². The van der Waals surface area contributed by atoms with Crippen molar-refractivity contribution < 1.29 is 23.1 Å². The van der Waals surface area contributed by atoms with E-state index in [0.29, 0.717) is 12.0 Å². The average Bonchev–Trinajstić information content (AvgIpc) is 2.84. The van der Waals surface area contributed by atoms with Crippen LogP contribution in [0.15, 0.2) is 30.3 Å². The lowest BCUT2D eigenvalue weighted by Crippen LogP contribution is -2.46. The van der Waals surface area contributed by atoms with Crippen molar-refractivity contribution in [1.82, 2.24) is 10.2 Å². The van der Waals surface area contributed by atoms with Gasteiger partial charge in [-0.25, -0.2) is 18.0 Å². The highest BCUT2D eigenvalue weighted by Crippen LogP contribution is 2.18. The van der Waals surface area contributed by atoms with E-state index in [4.69, 9.17) is 0 Å². The first-order chi connectivity index (χ1) is 10.3. The Bertz CT molecular complexity index is 659. The summed E-state index contributed by atoms with van der Waals surface area (Å²) in [6.45, 7) is 0. The van der Waals surface area contributed by atoms with Crippen molar-refractivity contribution in [2.45, 2.75) is 18.5 Å². The topological polar surface area (TPSA) is 104 Å². The highest BCUT2D eigenvalue weighted by atomic mass is 32.2. The van der Waals surface area contributed by atoms with Crippen LogP contribution in [0.25, 0.3) is 0 Å². The minimum atomic E-state index is -3.11. The van der Waals surface area contributed by atoms with Crippen LogP contribution in [0, 0.1) is 0 Å². The molecule has 1 aliphatic rings. The smallest absolute Gasteiger partial charge is 0.330 e. The van der Waals surface area contributed by atoms with Crippen molar-refractivity contribution in [1.29, 1.82) is 0 Å². The second-order valence-corrected chi connectivity index (χ2v) is 7.53. The molecule has 0 aliphatic carbocycles. The fourth-order valence-electron chi connectivity index (χ4n) is 2.41. The van der Waals surface area contributed by atoms with E-state index in [1.165, 1.54) is 11.9 Å². The number of aliphatic carboxylic acids is 1. The van der Waals surface area contributed by atoms with Crippen molar-refractivity contribution in [3.63, 3.8) is 0 Å². The number of carbonyl (C=O) groups is 2. The van der Waals surface area contributed by atoms with Crippen LogP contribution in [0.1, 0.15) is 18.0 Å². The lowest BCUT2D eigenvalue weighted by atomic mass is 10.1. The van der Waals surface area contributed by atoms with E-state index in [1.54, 1.807) is 30.3 Å². The Balaban J connectivity index is 2.07. The number of carbonyl (C=O) groups excluding carboxylic acids is 1. The molecule has 0 bridgehead atoms. The van der Waals surface area contributed by atoms with Crippen LogP contribution < -0.4 is 5.32 Å². The Labute approximate surface area is 128 Å². The third-order valence-electron chi connectivity index (χ3n) is 3.72. The molecule has 7 nitrogen and oxygen atoms in total. The van der Waals surface area contributed by atoms with E-state index in [9.17, 15) is 23.1 Å². The molecule has 1 saturated heterocycles. The van der Waals surface area contributed by atoms with E-state index in [0.717, 1.165) is 0 Å². The van der Waals surface area contributed by atoms with E-state index in [-0.39, 0.29) is 11.5 Å². The van der Waals surface area contributed by atoms with Gasteiger partial charge in [0.05, 0.1) is 11.5 Å². The standard InChI is InChI=1S/C14H18N2O5S/c1-16(11-7-8-22(20,21)9-11)14(19)15-12(13(17)18)10-5-3-2-4-6-10/h2-6,11-12H,7-9H2,1H3,(H,15,19)(H,17,18)/t11?,12-/m0/s1. The molecule has 1 aromatic carbocycles. The van der Waals surface area contributed by atoms with Gasteiger partial charge in [0.1, 0.15) is 0 Å². The van der Waals surface area contributed by atoms with Crippen molar-refractivity contribution in [2.75, 3.05) is 18.6 Å². The maximum atomic E-state index is 12.2. The molecule has 0 aromatic heterocycles. The quantitative estimate of drug-likeness (QED) is 0.845. The van der Waals surface area contributed by atoms with E-state index in [2.05, 4.69) is 5.32 Å². The molecule has 1 heterocycles. The largest absolute Gasteiger partial charge is 0.479 e. The molecule has 8 heteroatoms. The van der Waals surface area contributed by atoms with Gasteiger partial charge in [0.2, 0.25) is 0 Å². The summed E-state index contributed by atoms with van der Waals surface area (Å²) < 4.78 is 22.9. The summed E-state index contributed by atoms with van der Waals surface area (Å²) in [7, 11) is -1.63.